The van der Waals surface area contributed by atoms with Gasteiger partial charge in [0.15, 0.2) is 0 Å². The van der Waals surface area contributed by atoms with Gasteiger partial charge >= 0.3 is 5.97 Å². The first-order chi connectivity index (χ1) is 8.65. The number of carbonyl (C=O) groups excluding carboxylic acids is 1. The van der Waals surface area contributed by atoms with Crippen molar-refractivity contribution < 1.29 is 9.53 Å². The van der Waals surface area contributed by atoms with Crippen molar-refractivity contribution in [3.63, 3.8) is 0 Å². The summed E-state index contributed by atoms with van der Waals surface area (Å²) in [6, 6.07) is 0. The van der Waals surface area contributed by atoms with Crippen molar-refractivity contribution in [2.24, 2.45) is 0 Å². The van der Waals surface area contributed by atoms with Gasteiger partial charge < -0.3 is 15.4 Å². The second-order valence-electron chi connectivity index (χ2n) is 3.26. The third-order valence-corrected chi connectivity index (χ3v) is 2.03. The molecule has 1 aromatic rings. The molecular weight excluding hydrogens is 258 g/mol. The van der Waals surface area contributed by atoms with Gasteiger partial charge in [-0.3, -0.25) is 4.79 Å². The lowest BCUT2D eigenvalue weighted by atomic mass is 10.4. The molecule has 0 unspecified atom stereocenters. The van der Waals surface area contributed by atoms with Crippen LogP contribution in [-0.4, -0.2) is 40.6 Å². The van der Waals surface area contributed by atoms with Crippen LogP contribution in [0.1, 0.15) is 20.3 Å². The van der Waals surface area contributed by atoms with Crippen LogP contribution in [0.25, 0.3) is 0 Å². The summed E-state index contributed by atoms with van der Waals surface area (Å²) in [5.74, 6) is 0.462. The summed E-state index contributed by atoms with van der Waals surface area (Å²) >= 11 is 5.74. The summed E-state index contributed by atoms with van der Waals surface area (Å²) in [6.45, 7) is 5.12. The molecule has 1 aromatic heterocycles. The van der Waals surface area contributed by atoms with Crippen molar-refractivity contribution in [1.82, 2.24) is 15.0 Å². The number of carbonyl (C=O) groups is 1. The highest BCUT2D eigenvalue weighted by Crippen LogP contribution is 2.09. The lowest BCUT2D eigenvalue weighted by molar-refractivity contribution is -0.142. The zero-order valence-corrected chi connectivity index (χ0v) is 11.1. The van der Waals surface area contributed by atoms with Crippen LogP contribution in [0.3, 0.4) is 0 Å². The summed E-state index contributed by atoms with van der Waals surface area (Å²) < 4.78 is 4.80. The van der Waals surface area contributed by atoms with E-state index < -0.39 is 0 Å². The van der Waals surface area contributed by atoms with Gasteiger partial charge in [-0.2, -0.15) is 15.0 Å². The maximum Gasteiger partial charge on any atom is 0.307 e. The van der Waals surface area contributed by atoms with E-state index in [2.05, 4.69) is 25.6 Å². The number of esters is 1. The fourth-order valence-electron chi connectivity index (χ4n) is 1.18. The van der Waals surface area contributed by atoms with E-state index in [1.54, 1.807) is 6.92 Å². The van der Waals surface area contributed by atoms with Crippen LogP contribution in [-0.2, 0) is 9.53 Å². The molecule has 0 aromatic carbocycles. The highest BCUT2D eigenvalue weighted by atomic mass is 35.5. The fraction of sp³-hybridized carbons (Fsp3) is 0.600. The molecule has 0 aliphatic carbocycles. The Hall–Kier alpha value is -1.63. The number of ether oxygens (including phenoxy) is 1. The Morgan fingerprint density at radius 2 is 1.89 bits per heavy atom. The summed E-state index contributed by atoms with van der Waals surface area (Å²) in [6.07, 6.45) is 0.244. The van der Waals surface area contributed by atoms with Crippen molar-refractivity contribution in [3.05, 3.63) is 5.28 Å². The third-order valence-electron chi connectivity index (χ3n) is 1.86. The summed E-state index contributed by atoms with van der Waals surface area (Å²) in [5, 5.41) is 5.91. The average molecular weight is 274 g/mol. The first-order valence-corrected chi connectivity index (χ1v) is 6.08. The molecule has 0 fully saturated rings. The van der Waals surface area contributed by atoms with Crippen molar-refractivity contribution in [2.45, 2.75) is 20.3 Å². The largest absolute Gasteiger partial charge is 0.466 e. The smallest absolute Gasteiger partial charge is 0.307 e. The molecular formula is C10H16ClN5O2. The molecule has 0 aliphatic rings. The maximum absolute atomic E-state index is 11.1. The molecule has 1 heterocycles. The number of aromatic nitrogens is 3. The minimum Gasteiger partial charge on any atom is -0.466 e. The van der Waals surface area contributed by atoms with E-state index in [-0.39, 0.29) is 17.7 Å². The summed E-state index contributed by atoms with van der Waals surface area (Å²) in [5.41, 5.74) is 0. The van der Waals surface area contributed by atoms with Crippen molar-refractivity contribution in [1.29, 1.82) is 0 Å². The van der Waals surface area contributed by atoms with Gasteiger partial charge in [0.2, 0.25) is 17.2 Å². The van der Waals surface area contributed by atoms with Crippen LogP contribution >= 0.6 is 11.6 Å². The molecule has 18 heavy (non-hydrogen) atoms. The Morgan fingerprint density at radius 1 is 1.22 bits per heavy atom. The van der Waals surface area contributed by atoms with Crippen LogP contribution in [0.2, 0.25) is 5.28 Å². The average Bonchev–Trinajstić information content (AvgIpc) is 2.29. The van der Waals surface area contributed by atoms with E-state index in [0.717, 1.165) is 0 Å². The second-order valence-corrected chi connectivity index (χ2v) is 3.60. The Morgan fingerprint density at radius 3 is 2.50 bits per heavy atom. The van der Waals surface area contributed by atoms with E-state index in [9.17, 15) is 4.79 Å². The highest BCUT2D eigenvalue weighted by Gasteiger charge is 2.05. The molecule has 8 heteroatoms. The minimum absolute atomic E-state index is 0.0968. The predicted octanol–water partition coefficient (Wildman–Crippen LogP) is 1.32. The van der Waals surface area contributed by atoms with Gasteiger partial charge in [-0.15, -0.1) is 0 Å². The fourth-order valence-corrected chi connectivity index (χ4v) is 1.34. The van der Waals surface area contributed by atoms with Crippen LogP contribution in [0.15, 0.2) is 0 Å². The summed E-state index contributed by atoms with van der Waals surface area (Å²) in [7, 11) is 0. The van der Waals surface area contributed by atoms with Gasteiger partial charge in [-0.25, -0.2) is 0 Å². The highest BCUT2D eigenvalue weighted by molar-refractivity contribution is 6.28. The Balaban J connectivity index is 2.48. The standard InChI is InChI=1S/C10H16ClN5O2/c1-3-12-9-14-8(11)15-10(16-9)13-6-5-7(17)18-4-2/h3-6H2,1-2H3,(H2,12,13,14,15,16). The number of halogens is 1. The summed E-state index contributed by atoms with van der Waals surface area (Å²) in [4.78, 5) is 23.0. The SMILES string of the molecule is CCNc1nc(Cl)nc(NCCC(=O)OCC)n1. The Bertz CT molecular complexity index is 402. The first kappa shape index (κ1) is 14.4. The molecule has 0 radical (unpaired) electrons. The van der Waals surface area contributed by atoms with E-state index in [1.807, 2.05) is 6.92 Å². The minimum atomic E-state index is -0.267. The van der Waals surface area contributed by atoms with Gasteiger partial charge in [0.05, 0.1) is 13.0 Å². The van der Waals surface area contributed by atoms with Gasteiger partial charge in [0.1, 0.15) is 0 Å². The number of hydrogen-bond acceptors (Lipinski definition) is 7. The number of nitrogens with zero attached hydrogens (tertiary/aromatic N) is 3. The number of anilines is 2. The molecule has 0 amide bonds. The van der Waals surface area contributed by atoms with Crippen molar-refractivity contribution >= 4 is 29.5 Å². The van der Waals surface area contributed by atoms with Gasteiger partial charge in [-0.05, 0) is 25.4 Å². The second kappa shape index (κ2) is 7.65. The quantitative estimate of drug-likeness (QED) is 0.724. The predicted molar refractivity (Wildman–Crippen MR) is 68.7 cm³/mol. The van der Waals surface area contributed by atoms with Crippen molar-refractivity contribution in [3.8, 4) is 0 Å². The molecule has 7 nitrogen and oxygen atoms in total. The Kier molecular flexibility index (Phi) is 6.13. The molecule has 0 saturated carbocycles. The Labute approximate surface area is 110 Å². The topological polar surface area (TPSA) is 89.0 Å². The molecule has 0 aliphatic heterocycles. The van der Waals surface area contributed by atoms with Crippen LogP contribution in [0, 0.1) is 0 Å². The van der Waals surface area contributed by atoms with E-state index >= 15 is 0 Å². The number of nitrogens with one attached hydrogen (secondary N) is 2. The van der Waals surface area contributed by atoms with Crippen LogP contribution < -0.4 is 10.6 Å². The molecule has 100 valence electrons. The first-order valence-electron chi connectivity index (χ1n) is 5.70. The number of hydrogen-bond donors (Lipinski definition) is 2. The van der Waals surface area contributed by atoms with Gasteiger partial charge in [-0.1, -0.05) is 0 Å². The zero-order valence-electron chi connectivity index (χ0n) is 10.4. The van der Waals surface area contributed by atoms with Crippen molar-refractivity contribution in [2.75, 3.05) is 30.3 Å². The molecule has 2 N–H and O–H groups in total. The van der Waals surface area contributed by atoms with E-state index in [0.29, 0.717) is 31.6 Å². The monoisotopic (exact) mass is 273 g/mol. The molecule has 1 rings (SSSR count). The molecule has 0 spiro atoms. The maximum atomic E-state index is 11.1. The molecule has 0 saturated heterocycles. The zero-order chi connectivity index (χ0) is 13.4. The van der Waals surface area contributed by atoms with Gasteiger partial charge in [0.25, 0.3) is 0 Å². The van der Waals surface area contributed by atoms with Crippen LogP contribution in [0.4, 0.5) is 11.9 Å². The third kappa shape index (κ3) is 5.13. The normalized spacial score (nSPS) is 9.94. The lowest BCUT2D eigenvalue weighted by Crippen LogP contribution is -2.14. The number of rotatable bonds is 7. The molecule has 0 atom stereocenters. The van der Waals surface area contributed by atoms with Crippen LogP contribution in [0.5, 0.6) is 0 Å². The lowest BCUT2D eigenvalue weighted by Gasteiger charge is -2.07. The molecule has 0 bridgehead atoms. The van der Waals surface area contributed by atoms with E-state index in [4.69, 9.17) is 16.3 Å². The van der Waals surface area contributed by atoms with E-state index in [1.165, 1.54) is 0 Å². The van der Waals surface area contributed by atoms with Gasteiger partial charge in [0, 0.05) is 13.1 Å².